The highest BCUT2D eigenvalue weighted by Gasteiger charge is 2.23. The Kier molecular flexibility index (Phi) is 5.32. The number of hydrogen-bond acceptors (Lipinski definition) is 0. The van der Waals surface area contributed by atoms with E-state index in [9.17, 15) is 0 Å². The Hall–Kier alpha value is -6.64. The summed E-state index contributed by atoms with van der Waals surface area (Å²) in [6, 6.07) is 63.2. The molecule has 8 aromatic carbocycles. The average molecular weight is 647 g/mol. The van der Waals surface area contributed by atoms with Gasteiger partial charge in [-0.15, -0.1) is 0 Å². The Morgan fingerprint density at radius 2 is 0.863 bits per heavy atom. The number of fused-ring (bicyclic) bond motifs is 11. The van der Waals surface area contributed by atoms with Crippen LogP contribution in [0.5, 0.6) is 0 Å². The van der Waals surface area contributed by atoms with E-state index in [0.29, 0.717) is 0 Å². The maximum atomic E-state index is 2.56. The zero-order valence-electron chi connectivity index (χ0n) is 27.8. The summed E-state index contributed by atoms with van der Waals surface area (Å²) in [5.41, 5.74) is 12.6. The van der Waals surface area contributed by atoms with Gasteiger partial charge in [-0.05, 0) is 80.6 Å². The second-order valence-corrected chi connectivity index (χ2v) is 14.0. The monoisotopic (exact) mass is 646 g/mol. The maximum Gasteiger partial charge on any atom is 0.0641 e. The van der Waals surface area contributed by atoms with Gasteiger partial charge < -0.3 is 8.97 Å². The summed E-state index contributed by atoms with van der Waals surface area (Å²) in [6.07, 6.45) is 0.970. The third kappa shape index (κ3) is 3.56. The second-order valence-electron chi connectivity index (χ2n) is 14.0. The molecule has 0 radical (unpaired) electrons. The lowest BCUT2D eigenvalue weighted by molar-refractivity contribution is 1.19. The van der Waals surface area contributed by atoms with Crippen molar-refractivity contribution in [3.8, 4) is 16.8 Å². The molecule has 0 aliphatic heterocycles. The van der Waals surface area contributed by atoms with Crippen LogP contribution in [0.3, 0.4) is 0 Å². The summed E-state index contributed by atoms with van der Waals surface area (Å²) < 4.78 is 5.06. The number of benzene rings is 8. The molecule has 0 fully saturated rings. The van der Waals surface area contributed by atoms with Crippen LogP contribution in [0.25, 0.3) is 98.3 Å². The molecule has 0 unspecified atom stereocenters. The number of nitrogens with zero attached hydrogens (tertiary/aromatic N) is 2. The molecule has 1 aliphatic carbocycles. The second kappa shape index (κ2) is 9.97. The quantitative estimate of drug-likeness (QED) is 0.177. The van der Waals surface area contributed by atoms with E-state index in [0.717, 1.165) is 12.1 Å². The average Bonchev–Trinajstić information content (AvgIpc) is 3.86. The predicted molar refractivity (Wildman–Crippen MR) is 216 cm³/mol. The van der Waals surface area contributed by atoms with E-state index in [2.05, 4.69) is 179 Å². The Morgan fingerprint density at radius 3 is 1.63 bits per heavy atom. The van der Waals surface area contributed by atoms with Crippen molar-refractivity contribution >= 4 is 81.4 Å². The van der Waals surface area contributed by atoms with E-state index in [1.165, 1.54) is 104 Å². The largest absolute Gasteiger partial charge is 0.309 e. The molecule has 0 bridgehead atoms. The van der Waals surface area contributed by atoms with Crippen LogP contribution in [-0.4, -0.2) is 8.97 Å². The van der Waals surface area contributed by atoms with Gasteiger partial charge in [-0.25, -0.2) is 0 Å². The van der Waals surface area contributed by atoms with Crippen LogP contribution in [0.2, 0.25) is 0 Å². The summed E-state index contributed by atoms with van der Waals surface area (Å²) in [6.45, 7) is 0. The van der Waals surface area contributed by atoms with Crippen LogP contribution in [0.15, 0.2) is 170 Å². The Bertz CT molecular complexity index is 3310. The van der Waals surface area contributed by atoms with Crippen molar-refractivity contribution < 1.29 is 0 Å². The van der Waals surface area contributed by atoms with Crippen molar-refractivity contribution in [3.05, 3.63) is 181 Å². The van der Waals surface area contributed by atoms with Crippen molar-refractivity contribution in [2.75, 3.05) is 0 Å². The van der Waals surface area contributed by atoms with Gasteiger partial charge in [-0.3, -0.25) is 0 Å². The standard InChI is InChI=1S/C49H30N2/c1-2-11-30(12-3-1)31-23-25-34(26-24-31)50-42-21-6-5-16-36(42)40-27-28-44-47(49(40)50)41-20-10-19-39-38-18-9-14-33-29-32-13-8-17-37(45(32)46(33)38)35-15-4-7-22-43(35)51(44)48(39)41/h1-28H,29H2. The molecule has 2 heteroatoms. The van der Waals surface area contributed by atoms with Crippen LogP contribution in [0.1, 0.15) is 11.1 Å². The molecular formula is C49H30N2. The first-order chi connectivity index (χ1) is 25.3. The van der Waals surface area contributed by atoms with Gasteiger partial charge in [0, 0.05) is 38.0 Å². The van der Waals surface area contributed by atoms with E-state index >= 15 is 0 Å². The molecule has 2 nitrogen and oxygen atoms in total. The summed E-state index contributed by atoms with van der Waals surface area (Å²) in [7, 11) is 0. The summed E-state index contributed by atoms with van der Waals surface area (Å²) in [5.74, 6) is 0. The van der Waals surface area contributed by atoms with Crippen LogP contribution < -0.4 is 0 Å². The minimum Gasteiger partial charge on any atom is -0.309 e. The third-order valence-corrected chi connectivity index (χ3v) is 11.5. The lowest BCUT2D eigenvalue weighted by Gasteiger charge is -2.10. The first-order valence-corrected chi connectivity index (χ1v) is 17.8. The fourth-order valence-electron chi connectivity index (χ4n) is 9.41. The molecule has 236 valence electrons. The minimum absolute atomic E-state index is 0.970. The van der Waals surface area contributed by atoms with Crippen molar-refractivity contribution in [3.63, 3.8) is 0 Å². The van der Waals surface area contributed by atoms with Gasteiger partial charge in [0.15, 0.2) is 0 Å². The Morgan fingerprint density at radius 1 is 0.314 bits per heavy atom. The fourth-order valence-corrected chi connectivity index (χ4v) is 9.41. The van der Waals surface area contributed by atoms with E-state index < -0.39 is 0 Å². The molecule has 0 amide bonds. The molecule has 12 rings (SSSR count). The molecule has 3 heterocycles. The molecule has 0 saturated heterocycles. The molecule has 0 atom stereocenters. The molecule has 3 aromatic heterocycles. The van der Waals surface area contributed by atoms with Gasteiger partial charge in [-0.1, -0.05) is 140 Å². The minimum atomic E-state index is 0.970. The van der Waals surface area contributed by atoms with E-state index in [1.54, 1.807) is 0 Å². The zero-order chi connectivity index (χ0) is 33.2. The number of para-hydroxylation sites is 3. The smallest absolute Gasteiger partial charge is 0.0641 e. The van der Waals surface area contributed by atoms with Crippen molar-refractivity contribution in [1.82, 2.24) is 8.97 Å². The van der Waals surface area contributed by atoms with E-state index in [-0.39, 0.29) is 0 Å². The van der Waals surface area contributed by atoms with Gasteiger partial charge in [-0.2, -0.15) is 0 Å². The number of rotatable bonds is 2. The topological polar surface area (TPSA) is 9.34 Å². The Labute approximate surface area is 293 Å². The lowest BCUT2D eigenvalue weighted by Crippen LogP contribution is -1.94. The molecular weight excluding hydrogens is 617 g/mol. The summed E-state index contributed by atoms with van der Waals surface area (Å²) >= 11 is 0. The Balaban J connectivity index is 1.33. The molecule has 0 N–H and O–H groups in total. The highest BCUT2D eigenvalue weighted by atomic mass is 15.0. The predicted octanol–water partition coefficient (Wildman–Crippen LogP) is 12.9. The van der Waals surface area contributed by atoms with Crippen molar-refractivity contribution in [2.24, 2.45) is 0 Å². The summed E-state index contributed by atoms with van der Waals surface area (Å²) in [4.78, 5) is 0. The van der Waals surface area contributed by atoms with Gasteiger partial charge in [0.1, 0.15) is 0 Å². The van der Waals surface area contributed by atoms with Crippen molar-refractivity contribution in [1.29, 1.82) is 0 Å². The van der Waals surface area contributed by atoms with Gasteiger partial charge >= 0.3 is 0 Å². The van der Waals surface area contributed by atoms with Crippen molar-refractivity contribution in [2.45, 2.75) is 6.42 Å². The summed E-state index contributed by atoms with van der Waals surface area (Å²) in [5, 5.41) is 13.0. The fraction of sp³-hybridized carbons (Fsp3) is 0.0204. The first-order valence-electron chi connectivity index (χ1n) is 17.8. The normalized spacial score (nSPS) is 12.6. The van der Waals surface area contributed by atoms with E-state index in [4.69, 9.17) is 0 Å². The molecule has 0 spiro atoms. The van der Waals surface area contributed by atoms with Crippen LogP contribution >= 0.6 is 0 Å². The number of aromatic nitrogens is 2. The highest BCUT2D eigenvalue weighted by Crippen LogP contribution is 2.46. The number of hydrogen-bond donors (Lipinski definition) is 0. The first kappa shape index (κ1) is 27.2. The molecule has 51 heavy (non-hydrogen) atoms. The van der Waals surface area contributed by atoms with Crippen LogP contribution in [0, 0.1) is 0 Å². The zero-order valence-corrected chi connectivity index (χ0v) is 27.8. The van der Waals surface area contributed by atoms with Gasteiger partial charge in [0.2, 0.25) is 0 Å². The van der Waals surface area contributed by atoms with Crippen LogP contribution in [-0.2, 0) is 6.42 Å². The molecule has 0 saturated carbocycles. The molecule has 11 aromatic rings. The maximum absolute atomic E-state index is 2.56. The SMILES string of the molecule is c1ccc(-c2ccc(-n3c4ccccc4c4ccc5c(c6cccc7c8cccc9c8c8c(cccc8c8ccccc8n5c76)C9)c43)cc2)cc1. The third-order valence-electron chi connectivity index (χ3n) is 11.5. The lowest BCUT2D eigenvalue weighted by atomic mass is 10.0. The van der Waals surface area contributed by atoms with Crippen LogP contribution in [0.4, 0.5) is 0 Å². The molecule has 1 aliphatic rings. The highest BCUT2D eigenvalue weighted by molar-refractivity contribution is 6.31. The van der Waals surface area contributed by atoms with Gasteiger partial charge in [0.25, 0.3) is 0 Å². The van der Waals surface area contributed by atoms with Gasteiger partial charge in [0.05, 0.1) is 27.6 Å². The van der Waals surface area contributed by atoms with E-state index in [1.807, 2.05) is 0 Å².